The van der Waals surface area contributed by atoms with Gasteiger partial charge in [-0.3, -0.25) is 4.98 Å². The molecule has 2 rings (SSSR count). The van der Waals surface area contributed by atoms with Crippen molar-refractivity contribution in [1.82, 2.24) is 4.98 Å². The minimum Gasteiger partial charge on any atom is -0.256 e. The Morgan fingerprint density at radius 3 is 2.67 bits per heavy atom. The van der Waals surface area contributed by atoms with Gasteiger partial charge in [0.15, 0.2) is 0 Å². The lowest BCUT2D eigenvalue weighted by molar-refractivity contribution is 0.859. The molecule has 0 aromatic carbocycles. The first-order chi connectivity index (χ1) is 7.18. The van der Waals surface area contributed by atoms with Gasteiger partial charge in [0.25, 0.3) is 0 Å². The molecule has 0 bridgehead atoms. The van der Waals surface area contributed by atoms with Crippen molar-refractivity contribution >= 4 is 12.2 Å². The molecule has 1 aromatic heterocycles. The monoisotopic (exact) mass is 199 g/mol. The normalized spacial score (nSPS) is 19.1. The van der Waals surface area contributed by atoms with Crippen LogP contribution in [0.2, 0.25) is 0 Å². The number of allylic oxidation sites excluding steroid dienone is 2. The van der Waals surface area contributed by atoms with Gasteiger partial charge in [-0.05, 0) is 29.5 Å². The second kappa shape index (κ2) is 4.01. The van der Waals surface area contributed by atoms with E-state index in [0.717, 1.165) is 5.69 Å². The standard InChI is InChI=1S/C14H17N/c1-10(2)12-8-9-15-14-7-5-11(3)4-6-13(12)14/h4-11H,1-3H3. The van der Waals surface area contributed by atoms with Crippen LogP contribution in [0.3, 0.4) is 0 Å². The van der Waals surface area contributed by atoms with E-state index in [4.69, 9.17) is 0 Å². The van der Waals surface area contributed by atoms with Gasteiger partial charge in [0.1, 0.15) is 0 Å². The molecule has 1 aromatic rings. The third-order valence-electron chi connectivity index (χ3n) is 2.80. The van der Waals surface area contributed by atoms with Gasteiger partial charge in [0, 0.05) is 11.8 Å². The Kier molecular flexibility index (Phi) is 2.72. The molecule has 78 valence electrons. The highest BCUT2D eigenvalue weighted by atomic mass is 14.7. The second-order valence-electron chi connectivity index (χ2n) is 4.43. The third-order valence-corrected chi connectivity index (χ3v) is 2.80. The van der Waals surface area contributed by atoms with Gasteiger partial charge in [0.05, 0.1) is 5.69 Å². The number of hydrogen-bond acceptors (Lipinski definition) is 1. The molecule has 1 heterocycles. The van der Waals surface area contributed by atoms with Gasteiger partial charge in [-0.2, -0.15) is 0 Å². The summed E-state index contributed by atoms with van der Waals surface area (Å²) in [6, 6.07) is 2.12. The number of hydrogen-bond donors (Lipinski definition) is 0. The van der Waals surface area contributed by atoms with Crippen LogP contribution in [-0.2, 0) is 0 Å². The molecule has 0 radical (unpaired) electrons. The highest BCUT2D eigenvalue weighted by Gasteiger charge is 2.10. The Morgan fingerprint density at radius 1 is 1.20 bits per heavy atom. The molecule has 0 spiro atoms. The topological polar surface area (TPSA) is 12.9 Å². The van der Waals surface area contributed by atoms with Crippen molar-refractivity contribution < 1.29 is 0 Å². The molecule has 1 aliphatic carbocycles. The van der Waals surface area contributed by atoms with E-state index in [9.17, 15) is 0 Å². The molecule has 0 fully saturated rings. The van der Waals surface area contributed by atoms with E-state index >= 15 is 0 Å². The summed E-state index contributed by atoms with van der Waals surface area (Å²) in [6.07, 6.45) is 10.7. The van der Waals surface area contributed by atoms with Crippen molar-refractivity contribution in [3.05, 3.63) is 41.2 Å². The average Bonchev–Trinajstić information content (AvgIpc) is 2.40. The zero-order chi connectivity index (χ0) is 10.8. The minimum absolute atomic E-state index is 0.499. The van der Waals surface area contributed by atoms with E-state index < -0.39 is 0 Å². The van der Waals surface area contributed by atoms with E-state index in [2.05, 4.69) is 56.1 Å². The van der Waals surface area contributed by atoms with Gasteiger partial charge in [0.2, 0.25) is 0 Å². The lowest BCUT2D eigenvalue weighted by Gasteiger charge is -2.11. The number of rotatable bonds is 1. The number of aromatic nitrogens is 1. The highest BCUT2D eigenvalue weighted by molar-refractivity contribution is 5.68. The Hall–Kier alpha value is -1.37. The number of nitrogens with zero attached hydrogens (tertiary/aromatic N) is 1. The average molecular weight is 199 g/mol. The quantitative estimate of drug-likeness (QED) is 0.668. The van der Waals surface area contributed by atoms with Crippen LogP contribution in [0.1, 0.15) is 43.5 Å². The maximum absolute atomic E-state index is 4.42. The van der Waals surface area contributed by atoms with Crippen LogP contribution in [0.25, 0.3) is 12.2 Å². The van der Waals surface area contributed by atoms with Crippen LogP contribution in [0.4, 0.5) is 0 Å². The summed E-state index contributed by atoms with van der Waals surface area (Å²) in [5.74, 6) is 1.05. The first-order valence-corrected chi connectivity index (χ1v) is 5.54. The molecule has 1 heteroatoms. The van der Waals surface area contributed by atoms with Crippen LogP contribution in [-0.4, -0.2) is 4.98 Å². The molecule has 1 atom stereocenters. The number of fused-ring (bicyclic) bond motifs is 1. The third kappa shape index (κ3) is 2.01. The lowest BCUT2D eigenvalue weighted by Crippen LogP contribution is -1.96. The van der Waals surface area contributed by atoms with E-state index in [1.807, 2.05) is 6.20 Å². The minimum atomic E-state index is 0.499. The molecule has 0 amide bonds. The van der Waals surface area contributed by atoms with Crippen molar-refractivity contribution in [3.63, 3.8) is 0 Å². The Labute approximate surface area is 91.6 Å². The zero-order valence-corrected chi connectivity index (χ0v) is 9.57. The van der Waals surface area contributed by atoms with E-state index in [-0.39, 0.29) is 0 Å². The first kappa shape index (κ1) is 10.2. The van der Waals surface area contributed by atoms with Crippen molar-refractivity contribution in [3.8, 4) is 0 Å². The maximum Gasteiger partial charge on any atom is 0.0701 e. The molecule has 1 nitrogen and oxygen atoms in total. The molecule has 15 heavy (non-hydrogen) atoms. The van der Waals surface area contributed by atoms with Crippen LogP contribution >= 0.6 is 0 Å². The summed E-state index contributed by atoms with van der Waals surface area (Å²) in [5.41, 5.74) is 3.77. The summed E-state index contributed by atoms with van der Waals surface area (Å²) < 4.78 is 0. The molecule has 0 saturated heterocycles. The molecule has 0 aliphatic heterocycles. The van der Waals surface area contributed by atoms with Gasteiger partial charge in [-0.15, -0.1) is 0 Å². The molecule has 1 aliphatic rings. The van der Waals surface area contributed by atoms with Crippen molar-refractivity contribution in [2.75, 3.05) is 0 Å². The molecule has 0 saturated carbocycles. The Morgan fingerprint density at radius 2 is 1.93 bits per heavy atom. The van der Waals surface area contributed by atoms with E-state index in [1.165, 1.54) is 11.1 Å². The lowest BCUT2D eigenvalue weighted by atomic mass is 9.96. The predicted molar refractivity (Wildman–Crippen MR) is 65.6 cm³/mol. The van der Waals surface area contributed by atoms with Crippen molar-refractivity contribution in [2.45, 2.75) is 26.7 Å². The van der Waals surface area contributed by atoms with E-state index in [1.54, 1.807) is 0 Å². The van der Waals surface area contributed by atoms with Gasteiger partial charge in [-0.25, -0.2) is 0 Å². The fourth-order valence-electron chi connectivity index (χ4n) is 1.88. The van der Waals surface area contributed by atoms with Gasteiger partial charge in [-0.1, -0.05) is 39.0 Å². The van der Waals surface area contributed by atoms with Crippen LogP contribution in [0.15, 0.2) is 24.4 Å². The fourth-order valence-corrected chi connectivity index (χ4v) is 1.88. The Balaban J connectivity index is 2.57. The largest absolute Gasteiger partial charge is 0.256 e. The van der Waals surface area contributed by atoms with Gasteiger partial charge < -0.3 is 0 Å². The first-order valence-electron chi connectivity index (χ1n) is 5.54. The molecule has 1 unspecified atom stereocenters. The Bertz CT molecular complexity index is 413. The fraction of sp³-hybridized carbons (Fsp3) is 0.357. The second-order valence-corrected chi connectivity index (χ2v) is 4.43. The molecule has 0 N–H and O–H groups in total. The van der Waals surface area contributed by atoms with Crippen LogP contribution < -0.4 is 0 Å². The summed E-state index contributed by atoms with van der Waals surface area (Å²) >= 11 is 0. The van der Waals surface area contributed by atoms with Crippen LogP contribution in [0, 0.1) is 5.92 Å². The van der Waals surface area contributed by atoms with Crippen molar-refractivity contribution in [2.24, 2.45) is 5.92 Å². The summed E-state index contributed by atoms with van der Waals surface area (Å²) in [7, 11) is 0. The maximum atomic E-state index is 4.42. The zero-order valence-electron chi connectivity index (χ0n) is 9.57. The van der Waals surface area contributed by atoms with Crippen molar-refractivity contribution in [1.29, 1.82) is 0 Å². The summed E-state index contributed by atoms with van der Waals surface area (Å²) in [4.78, 5) is 4.42. The van der Waals surface area contributed by atoms with Crippen LogP contribution in [0.5, 0.6) is 0 Å². The SMILES string of the molecule is CC1C=Cc2nccc(C(C)C)c2C=C1. The molecular formula is C14H17N. The highest BCUT2D eigenvalue weighted by Crippen LogP contribution is 2.26. The summed E-state index contributed by atoms with van der Waals surface area (Å²) in [6.45, 7) is 6.64. The molecular weight excluding hydrogens is 182 g/mol. The smallest absolute Gasteiger partial charge is 0.0701 e. The number of pyridine rings is 1. The summed E-state index contributed by atoms with van der Waals surface area (Å²) in [5, 5.41) is 0. The van der Waals surface area contributed by atoms with E-state index in [0.29, 0.717) is 11.8 Å². The van der Waals surface area contributed by atoms with Gasteiger partial charge >= 0.3 is 0 Å². The predicted octanol–water partition coefficient (Wildman–Crippen LogP) is 3.88.